The molecule has 2 aromatic heterocycles. The van der Waals surface area contributed by atoms with Gasteiger partial charge in [0, 0.05) is 32.5 Å². The van der Waals surface area contributed by atoms with Crippen molar-refractivity contribution in [3.8, 4) is 17.0 Å². The summed E-state index contributed by atoms with van der Waals surface area (Å²) in [5.41, 5.74) is 3.39. The van der Waals surface area contributed by atoms with Crippen molar-refractivity contribution in [3.05, 3.63) is 64.1 Å². The molecule has 0 radical (unpaired) electrons. The molecule has 130 valence electrons. The first kappa shape index (κ1) is 16.8. The fourth-order valence-electron chi connectivity index (χ4n) is 2.71. The average molecular weight is 428 g/mol. The second-order valence-electron chi connectivity index (χ2n) is 5.59. The third kappa shape index (κ3) is 3.11. The van der Waals surface area contributed by atoms with E-state index >= 15 is 0 Å². The van der Waals surface area contributed by atoms with Crippen LogP contribution in [0.4, 0.5) is 5.13 Å². The van der Waals surface area contributed by atoms with Gasteiger partial charge >= 0.3 is 0 Å². The molecule has 0 unspecified atom stereocenters. The molecule has 4 rings (SSSR count). The molecule has 2 aromatic carbocycles. The number of anilines is 1. The molecule has 0 atom stereocenters. The molecule has 0 fully saturated rings. The molecular formula is C19H14BrN3O2S. The van der Waals surface area contributed by atoms with Crippen LogP contribution in [0.1, 0.15) is 10.4 Å². The van der Waals surface area contributed by atoms with E-state index in [0.717, 1.165) is 22.2 Å². The van der Waals surface area contributed by atoms with Crippen molar-refractivity contribution >= 4 is 49.2 Å². The number of fused-ring (bicyclic) bond motifs is 1. The van der Waals surface area contributed by atoms with E-state index in [2.05, 4.69) is 31.2 Å². The van der Waals surface area contributed by atoms with Crippen molar-refractivity contribution < 1.29 is 9.53 Å². The number of H-pyrrole nitrogens is 1. The smallest absolute Gasteiger partial charge is 0.258 e. The van der Waals surface area contributed by atoms with Gasteiger partial charge in [-0.05, 0) is 40.2 Å². The van der Waals surface area contributed by atoms with Crippen molar-refractivity contribution in [3.63, 3.8) is 0 Å². The summed E-state index contributed by atoms with van der Waals surface area (Å²) in [5.74, 6) is 0.382. The second kappa shape index (κ2) is 6.93. The highest BCUT2D eigenvalue weighted by molar-refractivity contribution is 9.10. The molecule has 2 N–H and O–H groups in total. The summed E-state index contributed by atoms with van der Waals surface area (Å²) in [6.45, 7) is 0. The van der Waals surface area contributed by atoms with E-state index in [1.54, 1.807) is 25.3 Å². The van der Waals surface area contributed by atoms with Crippen LogP contribution in [0.5, 0.6) is 5.75 Å². The van der Waals surface area contributed by atoms with Crippen molar-refractivity contribution in [1.29, 1.82) is 0 Å². The number of para-hydroxylation sites is 1. The number of amides is 1. The number of halogens is 1. The first-order valence-corrected chi connectivity index (χ1v) is 9.50. The molecular weight excluding hydrogens is 414 g/mol. The second-order valence-corrected chi connectivity index (χ2v) is 7.30. The highest BCUT2D eigenvalue weighted by Crippen LogP contribution is 2.31. The molecule has 26 heavy (non-hydrogen) atoms. The minimum Gasteiger partial charge on any atom is -0.497 e. The van der Waals surface area contributed by atoms with Crippen molar-refractivity contribution in [2.45, 2.75) is 0 Å². The van der Waals surface area contributed by atoms with E-state index in [9.17, 15) is 4.79 Å². The Labute approximate surface area is 162 Å². The van der Waals surface area contributed by atoms with Crippen LogP contribution in [0.15, 0.2) is 58.5 Å². The van der Waals surface area contributed by atoms with Crippen molar-refractivity contribution in [2.75, 3.05) is 12.4 Å². The Bertz CT molecular complexity index is 1100. The van der Waals surface area contributed by atoms with E-state index in [4.69, 9.17) is 4.74 Å². The summed E-state index contributed by atoms with van der Waals surface area (Å²) in [4.78, 5) is 20.4. The Morgan fingerprint density at radius 2 is 2.12 bits per heavy atom. The van der Waals surface area contributed by atoms with Crippen LogP contribution in [0.25, 0.3) is 22.2 Å². The maximum absolute atomic E-state index is 12.6. The third-order valence-electron chi connectivity index (χ3n) is 4.01. The monoisotopic (exact) mass is 427 g/mol. The molecule has 1 amide bonds. The van der Waals surface area contributed by atoms with Gasteiger partial charge in [-0.2, -0.15) is 0 Å². The molecule has 0 aliphatic rings. The van der Waals surface area contributed by atoms with Gasteiger partial charge in [0.2, 0.25) is 0 Å². The number of carbonyl (C=O) groups is 1. The normalized spacial score (nSPS) is 10.8. The lowest BCUT2D eigenvalue weighted by Crippen LogP contribution is -2.12. The number of aromatic amines is 1. The topological polar surface area (TPSA) is 67.0 Å². The largest absolute Gasteiger partial charge is 0.497 e. The molecule has 0 saturated heterocycles. The zero-order valence-corrected chi connectivity index (χ0v) is 16.1. The summed E-state index contributed by atoms with van der Waals surface area (Å²) >= 11 is 4.79. The molecule has 5 nitrogen and oxygen atoms in total. The lowest BCUT2D eigenvalue weighted by Gasteiger charge is -2.06. The molecule has 0 aliphatic heterocycles. The molecule has 0 spiro atoms. The Morgan fingerprint density at radius 1 is 1.27 bits per heavy atom. The van der Waals surface area contributed by atoms with Gasteiger partial charge < -0.3 is 9.72 Å². The van der Waals surface area contributed by atoms with Gasteiger partial charge in [-0.1, -0.05) is 18.2 Å². The highest BCUT2D eigenvalue weighted by atomic mass is 79.9. The number of thiazole rings is 1. The number of aromatic nitrogens is 2. The average Bonchev–Trinajstić information content (AvgIpc) is 3.28. The van der Waals surface area contributed by atoms with E-state index in [1.165, 1.54) is 11.3 Å². The van der Waals surface area contributed by atoms with Crippen LogP contribution in [0.2, 0.25) is 0 Å². The first-order valence-electron chi connectivity index (χ1n) is 7.82. The number of methoxy groups -OCH3 is 1. The van der Waals surface area contributed by atoms with Gasteiger partial charge in [0.05, 0.1) is 18.4 Å². The zero-order valence-electron chi connectivity index (χ0n) is 13.7. The van der Waals surface area contributed by atoms with Gasteiger partial charge in [-0.25, -0.2) is 4.98 Å². The number of benzene rings is 2. The van der Waals surface area contributed by atoms with Gasteiger partial charge in [-0.15, -0.1) is 11.3 Å². The SMILES string of the molecule is COc1ccc(Br)c(C(=O)Nc2nc(-c3c[nH]c4ccccc34)cs2)c1. The number of rotatable bonds is 4. The zero-order chi connectivity index (χ0) is 18.1. The fourth-order valence-corrected chi connectivity index (χ4v) is 3.84. The number of ether oxygens (including phenoxy) is 1. The molecule has 0 aliphatic carbocycles. The van der Waals surface area contributed by atoms with Gasteiger partial charge in [0.25, 0.3) is 5.91 Å². The van der Waals surface area contributed by atoms with Gasteiger partial charge in [0.1, 0.15) is 5.75 Å². The first-order chi connectivity index (χ1) is 12.7. The van der Waals surface area contributed by atoms with Gasteiger partial charge in [-0.3, -0.25) is 10.1 Å². The van der Waals surface area contributed by atoms with E-state index in [1.807, 2.05) is 35.8 Å². The summed E-state index contributed by atoms with van der Waals surface area (Å²) < 4.78 is 5.89. The van der Waals surface area contributed by atoms with Crippen LogP contribution in [0, 0.1) is 0 Å². The summed E-state index contributed by atoms with van der Waals surface area (Å²) in [6, 6.07) is 13.3. The van der Waals surface area contributed by atoms with Crippen LogP contribution >= 0.6 is 27.3 Å². The van der Waals surface area contributed by atoms with E-state index < -0.39 is 0 Å². The molecule has 4 aromatic rings. The molecule has 7 heteroatoms. The van der Waals surface area contributed by atoms with Gasteiger partial charge in [0.15, 0.2) is 5.13 Å². The third-order valence-corrected chi connectivity index (χ3v) is 5.46. The summed E-state index contributed by atoms with van der Waals surface area (Å²) in [5, 5.41) is 6.44. The quantitative estimate of drug-likeness (QED) is 0.463. The predicted octanol–water partition coefficient (Wildman–Crippen LogP) is 5.31. The number of carbonyl (C=O) groups excluding carboxylic acids is 1. The Kier molecular flexibility index (Phi) is 4.48. The van der Waals surface area contributed by atoms with Crippen LogP contribution in [0.3, 0.4) is 0 Å². The highest BCUT2D eigenvalue weighted by Gasteiger charge is 2.15. The van der Waals surface area contributed by atoms with Crippen molar-refractivity contribution in [2.24, 2.45) is 0 Å². The fraction of sp³-hybridized carbons (Fsp3) is 0.0526. The molecule has 2 heterocycles. The number of nitrogens with one attached hydrogen (secondary N) is 2. The van der Waals surface area contributed by atoms with Crippen molar-refractivity contribution in [1.82, 2.24) is 9.97 Å². The lowest BCUT2D eigenvalue weighted by atomic mass is 10.1. The van der Waals surface area contributed by atoms with E-state index in [0.29, 0.717) is 20.9 Å². The number of hydrogen-bond acceptors (Lipinski definition) is 4. The maximum Gasteiger partial charge on any atom is 0.258 e. The summed E-state index contributed by atoms with van der Waals surface area (Å²) in [7, 11) is 1.57. The molecule has 0 bridgehead atoms. The lowest BCUT2D eigenvalue weighted by molar-refractivity contribution is 0.102. The Hall–Kier alpha value is -2.64. The maximum atomic E-state index is 12.6. The summed E-state index contributed by atoms with van der Waals surface area (Å²) in [6.07, 6.45) is 1.93. The molecule has 0 saturated carbocycles. The van der Waals surface area contributed by atoms with Crippen LogP contribution < -0.4 is 10.1 Å². The minimum atomic E-state index is -0.240. The van der Waals surface area contributed by atoms with Crippen LogP contribution in [-0.4, -0.2) is 23.0 Å². The number of hydrogen-bond donors (Lipinski definition) is 2. The Balaban J connectivity index is 1.60. The number of nitrogens with zero attached hydrogens (tertiary/aromatic N) is 1. The Morgan fingerprint density at radius 3 is 2.96 bits per heavy atom. The standard InChI is InChI=1S/C19H14BrN3O2S/c1-25-11-6-7-15(20)13(8-11)18(24)23-19-22-17(10-26-19)14-9-21-16-5-3-2-4-12(14)16/h2-10,21H,1H3,(H,22,23,24). The minimum absolute atomic E-state index is 0.240. The predicted molar refractivity (Wildman–Crippen MR) is 108 cm³/mol. The van der Waals surface area contributed by atoms with E-state index in [-0.39, 0.29) is 5.91 Å². The van der Waals surface area contributed by atoms with Crippen LogP contribution in [-0.2, 0) is 0 Å².